The van der Waals surface area contributed by atoms with E-state index < -0.39 is 0 Å². The van der Waals surface area contributed by atoms with Gasteiger partial charge in [-0.05, 0) is 39.3 Å². The Morgan fingerprint density at radius 1 is 1.26 bits per heavy atom. The summed E-state index contributed by atoms with van der Waals surface area (Å²) in [4.78, 5) is 0. The van der Waals surface area contributed by atoms with Crippen molar-refractivity contribution in [2.24, 2.45) is 0 Å². The summed E-state index contributed by atoms with van der Waals surface area (Å²) in [5.41, 5.74) is 0.933. The molecular weight excluding hydrogens is 238 g/mol. The van der Waals surface area contributed by atoms with E-state index in [1.807, 2.05) is 12.1 Å². The third-order valence-corrected chi connectivity index (χ3v) is 2.81. The lowest BCUT2D eigenvalue weighted by atomic mass is 10.1. The van der Waals surface area contributed by atoms with Gasteiger partial charge in [-0.2, -0.15) is 0 Å². The lowest BCUT2D eigenvalue weighted by Crippen LogP contribution is -2.34. The van der Waals surface area contributed by atoms with Crippen LogP contribution in [-0.2, 0) is 6.54 Å². The third kappa shape index (κ3) is 3.74. The van der Waals surface area contributed by atoms with Crippen molar-refractivity contribution in [2.45, 2.75) is 46.2 Å². The maximum atomic E-state index is 5.90. The van der Waals surface area contributed by atoms with E-state index in [0.29, 0.717) is 0 Å². The van der Waals surface area contributed by atoms with Crippen LogP contribution in [0.5, 0.6) is 5.75 Å². The molecule has 0 atom stereocenters. The number of ether oxygens (including phenoxy) is 1. The van der Waals surface area contributed by atoms with Gasteiger partial charge in [-0.1, -0.05) is 19.1 Å². The van der Waals surface area contributed by atoms with Gasteiger partial charge in [0.15, 0.2) is 11.3 Å². The molecule has 0 aliphatic carbocycles. The number of hydrogen-bond donors (Lipinski definition) is 1. The largest absolute Gasteiger partial charge is 0.490 e. The van der Waals surface area contributed by atoms with Gasteiger partial charge in [-0.15, -0.1) is 0 Å². The third-order valence-electron chi connectivity index (χ3n) is 2.81. The van der Waals surface area contributed by atoms with Gasteiger partial charge in [0, 0.05) is 10.9 Å². The SMILES string of the molecule is CCCOc1cccc2cc(CNC(C)(C)C)oc12. The summed E-state index contributed by atoms with van der Waals surface area (Å²) in [7, 11) is 0. The Morgan fingerprint density at radius 2 is 2.05 bits per heavy atom. The fourth-order valence-electron chi connectivity index (χ4n) is 1.85. The average molecular weight is 261 g/mol. The predicted octanol–water partition coefficient (Wildman–Crippen LogP) is 4.11. The molecule has 0 amide bonds. The Labute approximate surface area is 114 Å². The second-order valence-electron chi connectivity index (χ2n) is 5.84. The number of rotatable bonds is 5. The fourth-order valence-corrected chi connectivity index (χ4v) is 1.85. The smallest absolute Gasteiger partial charge is 0.176 e. The maximum Gasteiger partial charge on any atom is 0.176 e. The molecule has 3 heteroatoms. The molecule has 1 aromatic carbocycles. The number of nitrogens with one attached hydrogen (secondary N) is 1. The van der Waals surface area contributed by atoms with Crippen molar-refractivity contribution in [3.63, 3.8) is 0 Å². The van der Waals surface area contributed by atoms with Crippen molar-refractivity contribution < 1.29 is 9.15 Å². The van der Waals surface area contributed by atoms with Crippen molar-refractivity contribution in [3.8, 4) is 5.75 Å². The highest BCUT2D eigenvalue weighted by Crippen LogP contribution is 2.29. The number of benzene rings is 1. The Kier molecular flexibility index (Phi) is 4.15. The average Bonchev–Trinajstić information content (AvgIpc) is 2.76. The zero-order valence-corrected chi connectivity index (χ0v) is 12.2. The van der Waals surface area contributed by atoms with Gasteiger partial charge in [-0.25, -0.2) is 0 Å². The molecule has 1 N–H and O–H groups in total. The normalized spacial score (nSPS) is 12.0. The summed E-state index contributed by atoms with van der Waals surface area (Å²) >= 11 is 0. The first-order chi connectivity index (χ1) is 8.99. The molecule has 1 heterocycles. The summed E-state index contributed by atoms with van der Waals surface area (Å²) < 4.78 is 11.6. The Hall–Kier alpha value is -1.48. The van der Waals surface area contributed by atoms with E-state index >= 15 is 0 Å². The number of furan rings is 1. The van der Waals surface area contributed by atoms with Crippen LogP contribution in [0.2, 0.25) is 0 Å². The second-order valence-corrected chi connectivity index (χ2v) is 5.84. The lowest BCUT2D eigenvalue weighted by Gasteiger charge is -2.19. The first-order valence-corrected chi connectivity index (χ1v) is 6.89. The lowest BCUT2D eigenvalue weighted by molar-refractivity contribution is 0.314. The van der Waals surface area contributed by atoms with Crippen LogP contribution in [0.3, 0.4) is 0 Å². The molecule has 2 aromatic rings. The van der Waals surface area contributed by atoms with E-state index in [-0.39, 0.29) is 5.54 Å². The minimum Gasteiger partial charge on any atom is -0.490 e. The summed E-state index contributed by atoms with van der Waals surface area (Å²) in [6.45, 7) is 9.98. The monoisotopic (exact) mass is 261 g/mol. The number of fused-ring (bicyclic) bond motifs is 1. The Morgan fingerprint density at radius 3 is 2.74 bits per heavy atom. The molecule has 0 spiro atoms. The van der Waals surface area contributed by atoms with Crippen LogP contribution in [-0.4, -0.2) is 12.1 Å². The second kappa shape index (κ2) is 5.66. The van der Waals surface area contributed by atoms with Gasteiger partial charge >= 0.3 is 0 Å². The fraction of sp³-hybridized carbons (Fsp3) is 0.500. The molecule has 2 rings (SSSR count). The Balaban J connectivity index is 2.19. The maximum absolute atomic E-state index is 5.90. The molecule has 1 aromatic heterocycles. The molecule has 0 saturated carbocycles. The highest BCUT2D eigenvalue weighted by Gasteiger charge is 2.12. The van der Waals surface area contributed by atoms with Gasteiger partial charge in [0.05, 0.1) is 13.2 Å². The van der Waals surface area contributed by atoms with E-state index in [2.05, 4.69) is 45.1 Å². The molecule has 0 aliphatic rings. The molecule has 0 aliphatic heterocycles. The van der Waals surface area contributed by atoms with Crippen LogP contribution in [0.4, 0.5) is 0 Å². The minimum absolute atomic E-state index is 0.0838. The molecule has 0 unspecified atom stereocenters. The molecule has 104 valence electrons. The number of para-hydroxylation sites is 1. The van der Waals surface area contributed by atoms with Crippen LogP contribution in [0.1, 0.15) is 39.9 Å². The highest BCUT2D eigenvalue weighted by atomic mass is 16.5. The predicted molar refractivity (Wildman–Crippen MR) is 78.6 cm³/mol. The zero-order valence-electron chi connectivity index (χ0n) is 12.2. The summed E-state index contributed by atoms with van der Waals surface area (Å²) in [5, 5.41) is 4.52. The molecule has 0 radical (unpaired) electrons. The standard InChI is InChI=1S/C16H23NO2/c1-5-9-18-14-8-6-7-12-10-13(19-15(12)14)11-17-16(2,3)4/h6-8,10,17H,5,9,11H2,1-4H3. The molecule has 0 fully saturated rings. The van der Waals surface area contributed by atoms with Gasteiger partial charge in [0.25, 0.3) is 0 Å². The molecule has 0 bridgehead atoms. The summed E-state index contributed by atoms with van der Waals surface area (Å²) in [6, 6.07) is 8.09. The first kappa shape index (κ1) is 13.9. The van der Waals surface area contributed by atoms with Gasteiger partial charge < -0.3 is 14.5 Å². The van der Waals surface area contributed by atoms with Crippen molar-refractivity contribution in [1.82, 2.24) is 5.32 Å². The van der Waals surface area contributed by atoms with Crippen LogP contribution in [0.15, 0.2) is 28.7 Å². The first-order valence-electron chi connectivity index (χ1n) is 6.89. The summed E-state index contributed by atoms with van der Waals surface area (Å²) in [6.07, 6.45) is 0.996. The van der Waals surface area contributed by atoms with E-state index in [0.717, 1.165) is 42.1 Å². The van der Waals surface area contributed by atoms with E-state index in [1.54, 1.807) is 0 Å². The van der Waals surface area contributed by atoms with Gasteiger partial charge in [0.1, 0.15) is 5.76 Å². The van der Waals surface area contributed by atoms with Crippen LogP contribution in [0.25, 0.3) is 11.0 Å². The van der Waals surface area contributed by atoms with Crippen molar-refractivity contribution in [1.29, 1.82) is 0 Å². The molecule has 3 nitrogen and oxygen atoms in total. The Bertz CT molecular complexity index is 537. The van der Waals surface area contributed by atoms with E-state index in [1.165, 1.54) is 0 Å². The van der Waals surface area contributed by atoms with Gasteiger partial charge in [-0.3, -0.25) is 0 Å². The van der Waals surface area contributed by atoms with E-state index in [4.69, 9.17) is 9.15 Å². The number of hydrogen-bond acceptors (Lipinski definition) is 3. The minimum atomic E-state index is 0.0838. The van der Waals surface area contributed by atoms with Crippen LogP contribution >= 0.6 is 0 Å². The highest BCUT2D eigenvalue weighted by molar-refractivity contribution is 5.83. The van der Waals surface area contributed by atoms with Crippen molar-refractivity contribution >= 4 is 11.0 Å². The van der Waals surface area contributed by atoms with Crippen molar-refractivity contribution in [3.05, 3.63) is 30.0 Å². The molecule has 19 heavy (non-hydrogen) atoms. The molecule has 0 saturated heterocycles. The zero-order chi connectivity index (χ0) is 13.9. The quantitative estimate of drug-likeness (QED) is 0.879. The molecular formula is C16H23NO2. The van der Waals surface area contributed by atoms with Crippen LogP contribution < -0.4 is 10.1 Å². The summed E-state index contributed by atoms with van der Waals surface area (Å²) in [5.74, 6) is 1.78. The van der Waals surface area contributed by atoms with E-state index in [9.17, 15) is 0 Å². The van der Waals surface area contributed by atoms with Gasteiger partial charge in [0.2, 0.25) is 0 Å². The topological polar surface area (TPSA) is 34.4 Å². The van der Waals surface area contributed by atoms with Crippen LogP contribution in [0, 0.1) is 0 Å². The van der Waals surface area contributed by atoms with Crippen molar-refractivity contribution in [2.75, 3.05) is 6.61 Å².